The zero-order valence-corrected chi connectivity index (χ0v) is 9.54. The number of benzene rings is 1. The Hall–Kier alpha value is -0.710. The van der Waals surface area contributed by atoms with Crippen molar-refractivity contribution in [3.8, 4) is 0 Å². The summed E-state index contributed by atoms with van der Waals surface area (Å²) in [5.74, 6) is -0.622. The molecule has 0 unspecified atom stereocenters. The van der Waals surface area contributed by atoms with E-state index in [0.717, 1.165) is 0 Å². The highest BCUT2D eigenvalue weighted by atomic mass is 35.5. The van der Waals surface area contributed by atoms with Gasteiger partial charge in [-0.05, 0) is 29.3 Å². The van der Waals surface area contributed by atoms with Crippen molar-refractivity contribution < 1.29 is 9.18 Å². The number of halogens is 3. The fourth-order valence-corrected chi connectivity index (χ4v) is 2.23. The number of alkyl halides is 3. The van der Waals surface area contributed by atoms with Crippen LogP contribution >= 0.6 is 35.4 Å². The van der Waals surface area contributed by atoms with E-state index in [-0.39, 0.29) is 4.99 Å². The Balaban J connectivity index is 2.55. The Kier molecular flexibility index (Phi) is 2.45. The first kappa shape index (κ1) is 10.8. The molecule has 0 bridgehead atoms. The van der Waals surface area contributed by atoms with Gasteiger partial charge in [0.05, 0.1) is 5.56 Å². The predicted octanol–water partition coefficient (Wildman–Crippen LogP) is 2.88. The molecule has 2 rings (SSSR count). The number of nitrogens with zero attached hydrogens (tertiary/aromatic N) is 1. The molecule has 1 heterocycles. The molecule has 1 aliphatic rings. The summed E-state index contributed by atoms with van der Waals surface area (Å²) in [6, 6.07) is 6.52. The van der Waals surface area contributed by atoms with Crippen molar-refractivity contribution in [3.05, 3.63) is 35.4 Å². The zero-order valence-electron chi connectivity index (χ0n) is 7.21. The Labute approximate surface area is 101 Å². The van der Waals surface area contributed by atoms with Crippen LogP contribution in [-0.2, 0) is 0 Å². The molecule has 6 heteroatoms. The predicted molar refractivity (Wildman–Crippen MR) is 59.9 cm³/mol. The highest BCUT2D eigenvalue weighted by molar-refractivity contribution is 7.80. The van der Waals surface area contributed by atoms with E-state index in [1.807, 2.05) is 0 Å². The van der Waals surface area contributed by atoms with E-state index in [0.29, 0.717) is 16.0 Å². The lowest BCUT2D eigenvalue weighted by Crippen LogP contribution is -2.40. The molecule has 1 aliphatic heterocycles. The minimum atomic E-state index is -2.81. The van der Waals surface area contributed by atoms with Crippen LogP contribution in [-0.4, -0.2) is 20.5 Å². The number of thiocarbonyl (C=S) groups is 1. The summed E-state index contributed by atoms with van der Waals surface area (Å²) in [4.78, 5) is 12.2. The molecule has 0 saturated carbocycles. The van der Waals surface area contributed by atoms with Crippen LogP contribution in [0.4, 0.5) is 4.39 Å². The maximum atomic E-state index is 13.3. The van der Waals surface area contributed by atoms with E-state index in [4.69, 9.17) is 35.4 Å². The molecule has 1 aromatic rings. The second kappa shape index (κ2) is 3.40. The van der Waals surface area contributed by atoms with Gasteiger partial charge in [-0.25, -0.2) is 4.90 Å². The van der Waals surface area contributed by atoms with Gasteiger partial charge in [0.15, 0.2) is 0 Å². The van der Waals surface area contributed by atoms with Gasteiger partial charge in [-0.2, -0.15) is 4.39 Å². The number of hydrogen-bond donors (Lipinski definition) is 0. The van der Waals surface area contributed by atoms with E-state index < -0.39 is 10.6 Å². The van der Waals surface area contributed by atoms with E-state index >= 15 is 0 Å². The van der Waals surface area contributed by atoms with Gasteiger partial charge in [-0.15, -0.1) is 0 Å². The Morgan fingerprint density at radius 2 is 1.80 bits per heavy atom. The van der Waals surface area contributed by atoms with Crippen molar-refractivity contribution in [2.24, 2.45) is 0 Å². The van der Waals surface area contributed by atoms with E-state index in [1.54, 1.807) is 24.3 Å². The number of carbonyl (C=O) groups excluding carboxylic acids is 1. The first-order chi connectivity index (χ1) is 6.93. The van der Waals surface area contributed by atoms with Crippen molar-refractivity contribution in [3.63, 3.8) is 0 Å². The topological polar surface area (TPSA) is 20.3 Å². The number of hydrogen-bond acceptors (Lipinski definition) is 2. The highest BCUT2D eigenvalue weighted by Crippen LogP contribution is 2.36. The smallest absolute Gasteiger partial charge is 0.268 e. The molecule has 0 aromatic heterocycles. The number of fused-ring (bicyclic) bond motifs is 1. The average molecular weight is 264 g/mol. The SMILES string of the molecule is O=C1c2ccccc2C(=S)N1C(F)(Cl)Cl. The molecule has 1 amide bonds. The first-order valence-corrected chi connectivity index (χ1v) is 5.14. The molecule has 0 radical (unpaired) electrons. The molecule has 15 heavy (non-hydrogen) atoms. The van der Waals surface area contributed by atoms with E-state index in [1.165, 1.54) is 0 Å². The fraction of sp³-hybridized carbons (Fsp3) is 0.111. The molecule has 78 valence electrons. The van der Waals surface area contributed by atoms with Gasteiger partial charge >= 0.3 is 4.71 Å². The summed E-state index contributed by atoms with van der Waals surface area (Å²) in [7, 11) is 0. The molecular weight excluding hydrogens is 260 g/mol. The van der Waals surface area contributed by atoms with E-state index in [9.17, 15) is 9.18 Å². The van der Waals surface area contributed by atoms with Crippen LogP contribution in [0, 0.1) is 0 Å². The van der Waals surface area contributed by atoms with Gasteiger partial charge in [0.25, 0.3) is 5.91 Å². The van der Waals surface area contributed by atoms with Crippen LogP contribution < -0.4 is 0 Å². The Morgan fingerprint density at radius 3 is 2.27 bits per heavy atom. The minimum absolute atomic E-state index is 0.00287. The monoisotopic (exact) mass is 263 g/mol. The van der Waals surface area contributed by atoms with Crippen molar-refractivity contribution >= 4 is 46.3 Å². The van der Waals surface area contributed by atoms with Crippen molar-refractivity contribution in [2.45, 2.75) is 4.71 Å². The van der Waals surface area contributed by atoms with Gasteiger partial charge in [-0.1, -0.05) is 30.4 Å². The molecule has 0 N–H and O–H groups in total. The summed E-state index contributed by atoms with van der Waals surface area (Å²) < 4.78 is 10.5. The summed E-state index contributed by atoms with van der Waals surface area (Å²) in [6.07, 6.45) is 0. The average Bonchev–Trinajstić information content (AvgIpc) is 2.39. The quantitative estimate of drug-likeness (QED) is 0.441. The third kappa shape index (κ3) is 1.62. The maximum absolute atomic E-state index is 13.3. The minimum Gasteiger partial charge on any atom is -0.268 e. The van der Waals surface area contributed by atoms with Gasteiger partial charge in [0.1, 0.15) is 4.99 Å². The molecule has 0 aliphatic carbocycles. The normalized spacial score (nSPS) is 15.8. The standard InChI is InChI=1S/C9H4Cl2FNOS/c10-9(11,12)13-7(14)5-3-1-2-4-6(5)8(13)15/h1-4H. The summed E-state index contributed by atoms with van der Waals surface area (Å²) in [5.41, 5.74) is 0.784. The fourth-order valence-electron chi connectivity index (χ4n) is 1.42. The van der Waals surface area contributed by atoms with Crippen molar-refractivity contribution in [1.82, 2.24) is 4.90 Å². The van der Waals surface area contributed by atoms with Crippen molar-refractivity contribution in [1.29, 1.82) is 0 Å². The van der Waals surface area contributed by atoms with Crippen LogP contribution in [0.5, 0.6) is 0 Å². The summed E-state index contributed by atoms with van der Waals surface area (Å²) in [5, 5.41) is 0. The van der Waals surface area contributed by atoms with E-state index in [2.05, 4.69) is 0 Å². The molecular formula is C9H4Cl2FNOS. The number of rotatable bonds is 1. The van der Waals surface area contributed by atoms with Gasteiger partial charge in [0.2, 0.25) is 0 Å². The second-order valence-corrected chi connectivity index (χ2v) is 4.54. The van der Waals surface area contributed by atoms with Crippen LogP contribution in [0.3, 0.4) is 0 Å². The first-order valence-electron chi connectivity index (χ1n) is 3.97. The third-order valence-electron chi connectivity index (χ3n) is 2.05. The molecule has 0 saturated heterocycles. The van der Waals surface area contributed by atoms with Gasteiger partial charge < -0.3 is 0 Å². The third-order valence-corrected chi connectivity index (χ3v) is 2.79. The van der Waals surface area contributed by atoms with Crippen LogP contribution in [0.2, 0.25) is 0 Å². The lowest BCUT2D eigenvalue weighted by molar-refractivity contribution is 0.0749. The molecule has 0 atom stereocenters. The summed E-state index contributed by atoms with van der Waals surface area (Å²) >= 11 is 15.4. The van der Waals surface area contributed by atoms with Crippen LogP contribution in [0.1, 0.15) is 15.9 Å². The lowest BCUT2D eigenvalue weighted by Gasteiger charge is -2.22. The number of carbonyl (C=O) groups is 1. The summed E-state index contributed by atoms with van der Waals surface area (Å²) in [6.45, 7) is 0. The molecule has 1 aromatic carbocycles. The van der Waals surface area contributed by atoms with Crippen LogP contribution in [0.15, 0.2) is 24.3 Å². The molecule has 0 fully saturated rings. The molecule has 0 spiro atoms. The van der Waals surface area contributed by atoms with Crippen molar-refractivity contribution in [2.75, 3.05) is 0 Å². The largest absolute Gasteiger partial charge is 0.344 e. The highest BCUT2D eigenvalue weighted by Gasteiger charge is 2.45. The molecule has 2 nitrogen and oxygen atoms in total. The maximum Gasteiger partial charge on any atom is 0.344 e. The van der Waals surface area contributed by atoms with Gasteiger partial charge in [0, 0.05) is 5.56 Å². The second-order valence-electron chi connectivity index (χ2n) is 2.96. The Bertz CT molecular complexity index is 423. The van der Waals surface area contributed by atoms with Crippen LogP contribution in [0.25, 0.3) is 0 Å². The zero-order chi connectivity index (χ0) is 11.2. The lowest BCUT2D eigenvalue weighted by atomic mass is 10.1. The Morgan fingerprint density at radius 1 is 1.27 bits per heavy atom. The van der Waals surface area contributed by atoms with Gasteiger partial charge in [-0.3, -0.25) is 4.79 Å². The number of amides is 1.